The second-order valence-corrected chi connectivity index (χ2v) is 7.32. The molecule has 0 aliphatic heterocycles. The topological polar surface area (TPSA) is 54.9 Å². The van der Waals surface area contributed by atoms with Crippen LogP contribution in [-0.4, -0.2) is 22.6 Å². The summed E-state index contributed by atoms with van der Waals surface area (Å²) >= 11 is 1.56. The van der Waals surface area contributed by atoms with Gasteiger partial charge >= 0.3 is 0 Å². The van der Waals surface area contributed by atoms with E-state index in [9.17, 15) is 4.79 Å². The highest BCUT2D eigenvalue weighted by atomic mass is 32.1. The van der Waals surface area contributed by atoms with Gasteiger partial charge in [-0.15, -0.1) is 21.5 Å². The maximum absolute atomic E-state index is 12.4. The summed E-state index contributed by atoms with van der Waals surface area (Å²) in [5.41, 5.74) is 5.39. The van der Waals surface area contributed by atoms with Crippen molar-refractivity contribution in [3.8, 4) is 11.1 Å². The molecule has 0 saturated heterocycles. The maximum Gasteiger partial charge on any atom is 0.251 e. The zero-order valence-corrected chi connectivity index (χ0v) is 15.5. The van der Waals surface area contributed by atoms with Crippen LogP contribution < -0.4 is 5.32 Å². The van der Waals surface area contributed by atoms with Crippen molar-refractivity contribution in [3.05, 3.63) is 69.2 Å². The molecule has 0 atom stereocenters. The van der Waals surface area contributed by atoms with E-state index in [0.29, 0.717) is 18.5 Å². The van der Waals surface area contributed by atoms with Gasteiger partial charge < -0.3 is 5.32 Å². The molecule has 3 rings (SSSR count). The lowest BCUT2D eigenvalue weighted by molar-refractivity contribution is 0.0954. The van der Waals surface area contributed by atoms with Crippen molar-refractivity contribution < 1.29 is 4.79 Å². The van der Waals surface area contributed by atoms with E-state index >= 15 is 0 Å². The SMILES string of the molecule is Cc1nnc(CCNC(=O)c2cccc(-c3cccc(C)c3C)c2)s1. The van der Waals surface area contributed by atoms with E-state index in [0.717, 1.165) is 15.6 Å². The first kappa shape index (κ1) is 17.3. The van der Waals surface area contributed by atoms with E-state index in [1.54, 1.807) is 11.3 Å². The molecule has 1 N–H and O–H groups in total. The maximum atomic E-state index is 12.4. The van der Waals surface area contributed by atoms with Crippen LogP contribution in [-0.2, 0) is 6.42 Å². The Labute approximate surface area is 151 Å². The Kier molecular flexibility index (Phi) is 5.24. The monoisotopic (exact) mass is 351 g/mol. The van der Waals surface area contributed by atoms with Gasteiger partial charge in [0.1, 0.15) is 10.0 Å². The summed E-state index contributed by atoms with van der Waals surface area (Å²) < 4.78 is 0. The first-order valence-corrected chi connectivity index (χ1v) is 9.10. The molecule has 0 fully saturated rings. The third kappa shape index (κ3) is 4.12. The minimum atomic E-state index is -0.0617. The molecule has 0 aliphatic rings. The summed E-state index contributed by atoms with van der Waals surface area (Å²) in [6.45, 7) is 6.70. The number of carbonyl (C=O) groups excluding carboxylic acids is 1. The number of aryl methyl sites for hydroxylation is 2. The van der Waals surface area contributed by atoms with E-state index in [1.165, 1.54) is 16.7 Å². The molecule has 0 bridgehead atoms. The molecular formula is C20H21N3OS. The number of rotatable bonds is 5. The Hall–Kier alpha value is -2.53. The average molecular weight is 351 g/mol. The van der Waals surface area contributed by atoms with Crippen LogP contribution in [0.2, 0.25) is 0 Å². The highest BCUT2D eigenvalue weighted by Crippen LogP contribution is 2.26. The molecule has 1 aromatic heterocycles. The number of amides is 1. The largest absolute Gasteiger partial charge is 0.352 e. The van der Waals surface area contributed by atoms with Crippen molar-refractivity contribution in [1.82, 2.24) is 15.5 Å². The van der Waals surface area contributed by atoms with Gasteiger partial charge in [-0.1, -0.05) is 30.3 Å². The van der Waals surface area contributed by atoms with Gasteiger partial charge in [0.05, 0.1) is 0 Å². The van der Waals surface area contributed by atoms with Crippen molar-refractivity contribution in [2.45, 2.75) is 27.2 Å². The van der Waals surface area contributed by atoms with Crippen LogP contribution in [0.25, 0.3) is 11.1 Å². The lowest BCUT2D eigenvalue weighted by Gasteiger charge is -2.10. The fourth-order valence-electron chi connectivity index (χ4n) is 2.72. The van der Waals surface area contributed by atoms with Crippen LogP contribution >= 0.6 is 11.3 Å². The lowest BCUT2D eigenvalue weighted by Crippen LogP contribution is -2.25. The van der Waals surface area contributed by atoms with Crippen LogP contribution in [0.4, 0.5) is 0 Å². The van der Waals surface area contributed by atoms with Gasteiger partial charge in [-0.2, -0.15) is 0 Å². The summed E-state index contributed by atoms with van der Waals surface area (Å²) in [6.07, 6.45) is 0.702. The minimum Gasteiger partial charge on any atom is -0.352 e. The van der Waals surface area contributed by atoms with Gasteiger partial charge in [-0.3, -0.25) is 4.79 Å². The second kappa shape index (κ2) is 7.57. The molecule has 0 unspecified atom stereocenters. The highest BCUT2D eigenvalue weighted by molar-refractivity contribution is 7.11. The quantitative estimate of drug-likeness (QED) is 0.753. The molecule has 0 radical (unpaired) electrons. The van der Waals surface area contributed by atoms with E-state index in [-0.39, 0.29) is 5.91 Å². The first-order chi connectivity index (χ1) is 12.0. The Morgan fingerprint density at radius 3 is 2.64 bits per heavy atom. The molecule has 3 aromatic rings. The zero-order chi connectivity index (χ0) is 17.8. The number of nitrogens with zero attached hydrogens (tertiary/aromatic N) is 2. The molecular weight excluding hydrogens is 330 g/mol. The van der Waals surface area contributed by atoms with Crippen LogP contribution in [0.5, 0.6) is 0 Å². The Bertz CT molecular complexity index is 901. The van der Waals surface area contributed by atoms with Crippen molar-refractivity contribution in [2.75, 3.05) is 6.54 Å². The first-order valence-electron chi connectivity index (χ1n) is 8.28. The normalized spacial score (nSPS) is 10.7. The van der Waals surface area contributed by atoms with E-state index in [1.807, 2.05) is 31.2 Å². The fourth-order valence-corrected chi connectivity index (χ4v) is 3.42. The molecule has 5 heteroatoms. The molecule has 1 heterocycles. The average Bonchev–Trinajstić information content (AvgIpc) is 3.02. The van der Waals surface area contributed by atoms with Crippen molar-refractivity contribution >= 4 is 17.2 Å². The van der Waals surface area contributed by atoms with Gasteiger partial charge in [-0.25, -0.2) is 0 Å². The highest BCUT2D eigenvalue weighted by Gasteiger charge is 2.09. The third-order valence-electron chi connectivity index (χ3n) is 4.23. The second-order valence-electron chi connectivity index (χ2n) is 6.05. The molecule has 1 amide bonds. The third-order valence-corrected chi connectivity index (χ3v) is 5.13. The zero-order valence-electron chi connectivity index (χ0n) is 14.7. The molecule has 4 nitrogen and oxygen atoms in total. The Morgan fingerprint density at radius 2 is 1.88 bits per heavy atom. The van der Waals surface area contributed by atoms with Gasteiger partial charge in [0.25, 0.3) is 5.91 Å². The molecule has 0 aliphatic carbocycles. The fraction of sp³-hybridized carbons (Fsp3) is 0.250. The number of aromatic nitrogens is 2. The Morgan fingerprint density at radius 1 is 1.08 bits per heavy atom. The van der Waals surface area contributed by atoms with Crippen LogP contribution in [0.15, 0.2) is 42.5 Å². The van der Waals surface area contributed by atoms with Crippen molar-refractivity contribution in [3.63, 3.8) is 0 Å². The molecule has 0 spiro atoms. The molecule has 2 aromatic carbocycles. The summed E-state index contributed by atoms with van der Waals surface area (Å²) in [5.74, 6) is -0.0617. The van der Waals surface area contributed by atoms with Gasteiger partial charge in [0, 0.05) is 18.5 Å². The molecule has 0 saturated carbocycles. The van der Waals surface area contributed by atoms with Crippen molar-refractivity contribution in [2.24, 2.45) is 0 Å². The summed E-state index contributed by atoms with van der Waals surface area (Å²) in [6, 6.07) is 14.0. The lowest BCUT2D eigenvalue weighted by atomic mass is 9.96. The number of benzene rings is 2. The summed E-state index contributed by atoms with van der Waals surface area (Å²) in [4.78, 5) is 12.4. The molecule has 25 heavy (non-hydrogen) atoms. The predicted octanol–water partition coefficient (Wildman–Crippen LogP) is 4.10. The predicted molar refractivity (Wildman–Crippen MR) is 102 cm³/mol. The molecule has 128 valence electrons. The number of hydrogen-bond donors (Lipinski definition) is 1. The smallest absolute Gasteiger partial charge is 0.251 e. The van der Waals surface area contributed by atoms with Gasteiger partial charge in [-0.05, 0) is 55.2 Å². The summed E-state index contributed by atoms with van der Waals surface area (Å²) in [5, 5.41) is 12.9. The van der Waals surface area contributed by atoms with Crippen LogP contribution in [0, 0.1) is 20.8 Å². The summed E-state index contributed by atoms with van der Waals surface area (Å²) in [7, 11) is 0. The standard InChI is InChI=1S/C20H21N3OS/c1-13-6-4-9-18(14(13)2)16-7-5-8-17(12-16)20(24)21-11-10-19-23-22-15(3)25-19/h4-9,12H,10-11H2,1-3H3,(H,21,24). The van der Waals surface area contributed by atoms with E-state index in [2.05, 4.69) is 47.6 Å². The number of hydrogen-bond acceptors (Lipinski definition) is 4. The van der Waals surface area contributed by atoms with Crippen LogP contribution in [0.3, 0.4) is 0 Å². The number of carbonyl (C=O) groups is 1. The van der Waals surface area contributed by atoms with Crippen LogP contribution in [0.1, 0.15) is 31.5 Å². The van der Waals surface area contributed by atoms with E-state index < -0.39 is 0 Å². The van der Waals surface area contributed by atoms with Crippen molar-refractivity contribution in [1.29, 1.82) is 0 Å². The van der Waals surface area contributed by atoms with Gasteiger partial charge in [0.2, 0.25) is 0 Å². The van der Waals surface area contributed by atoms with Gasteiger partial charge in [0.15, 0.2) is 0 Å². The Balaban J connectivity index is 1.70. The number of nitrogens with one attached hydrogen (secondary N) is 1. The minimum absolute atomic E-state index is 0.0617. The van der Waals surface area contributed by atoms with E-state index in [4.69, 9.17) is 0 Å².